The molecular weight excluding hydrogens is 248 g/mol. The zero-order valence-corrected chi connectivity index (χ0v) is 10.6. The van der Waals surface area contributed by atoms with Gasteiger partial charge in [-0.25, -0.2) is 0 Å². The Morgan fingerprint density at radius 3 is 2.75 bits per heavy atom. The number of hydrogen-bond acceptors (Lipinski definition) is 4. The van der Waals surface area contributed by atoms with Gasteiger partial charge in [0.25, 0.3) is 10.1 Å². The van der Waals surface area contributed by atoms with Crippen molar-refractivity contribution in [2.24, 2.45) is 0 Å². The molecule has 0 bridgehead atoms. The molecule has 0 aromatic carbocycles. The fraction of sp³-hybridized carbons (Fsp3) is 0.600. The van der Waals surface area contributed by atoms with Crippen LogP contribution in [0.4, 0.5) is 0 Å². The molecule has 4 nitrogen and oxygen atoms in total. The molecule has 0 radical (unpaired) electrons. The summed E-state index contributed by atoms with van der Waals surface area (Å²) in [4.78, 5) is 0. The fourth-order valence-electron chi connectivity index (χ4n) is 1.22. The van der Waals surface area contributed by atoms with E-state index in [-0.39, 0.29) is 5.75 Å². The van der Waals surface area contributed by atoms with Gasteiger partial charge in [-0.15, -0.1) is 0 Å². The van der Waals surface area contributed by atoms with Crippen LogP contribution in [0.15, 0.2) is 16.8 Å². The first-order valence-electron chi connectivity index (χ1n) is 5.12. The van der Waals surface area contributed by atoms with Gasteiger partial charge >= 0.3 is 0 Å². The number of rotatable bonds is 8. The molecule has 6 heteroatoms. The molecule has 0 aliphatic carbocycles. The molecule has 0 amide bonds. The van der Waals surface area contributed by atoms with E-state index in [2.05, 4.69) is 11.4 Å². The molecule has 0 unspecified atom stereocenters. The third-order valence-electron chi connectivity index (χ3n) is 2.06. The maximum atomic E-state index is 10.4. The van der Waals surface area contributed by atoms with Crippen LogP contribution in [0.1, 0.15) is 18.4 Å². The number of hydrogen-bond donors (Lipinski definition) is 1. The minimum Gasteiger partial charge on any atom is -0.381 e. The SMILES string of the molecule is O=S(=O)(O)CCCCOCCc1ccsc1. The highest BCUT2D eigenvalue weighted by atomic mass is 32.2. The Labute approximate surface area is 100 Å². The molecule has 0 fully saturated rings. The first-order valence-corrected chi connectivity index (χ1v) is 7.67. The summed E-state index contributed by atoms with van der Waals surface area (Å²) in [5.41, 5.74) is 1.27. The highest BCUT2D eigenvalue weighted by Gasteiger charge is 2.02. The van der Waals surface area contributed by atoms with Crippen LogP contribution in [-0.4, -0.2) is 31.9 Å². The second-order valence-electron chi connectivity index (χ2n) is 3.49. The van der Waals surface area contributed by atoms with Crippen molar-refractivity contribution < 1.29 is 17.7 Å². The molecule has 1 rings (SSSR count). The van der Waals surface area contributed by atoms with Gasteiger partial charge in [0, 0.05) is 6.61 Å². The van der Waals surface area contributed by atoms with Crippen LogP contribution in [0.2, 0.25) is 0 Å². The highest BCUT2D eigenvalue weighted by molar-refractivity contribution is 7.85. The molecule has 0 aliphatic heterocycles. The molecular formula is C10H16O4S2. The van der Waals surface area contributed by atoms with Crippen LogP contribution in [0.25, 0.3) is 0 Å². The maximum Gasteiger partial charge on any atom is 0.264 e. The number of thiophene rings is 1. The Morgan fingerprint density at radius 1 is 1.31 bits per heavy atom. The summed E-state index contributed by atoms with van der Waals surface area (Å²) >= 11 is 1.66. The van der Waals surface area contributed by atoms with Crippen molar-refractivity contribution in [2.75, 3.05) is 19.0 Å². The first kappa shape index (κ1) is 13.6. The average Bonchev–Trinajstić information content (AvgIpc) is 2.67. The molecule has 16 heavy (non-hydrogen) atoms. The zero-order valence-electron chi connectivity index (χ0n) is 8.96. The van der Waals surface area contributed by atoms with E-state index >= 15 is 0 Å². The molecule has 1 N–H and O–H groups in total. The normalized spacial score (nSPS) is 11.8. The maximum absolute atomic E-state index is 10.4. The van der Waals surface area contributed by atoms with E-state index < -0.39 is 10.1 Å². The zero-order chi connectivity index (χ0) is 11.9. The molecule has 0 spiro atoms. The standard InChI is InChI=1S/C10H16O4S2/c11-16(12,13)8-2-1-5-14-6-3-10-4-7-15-9-10/h4,7,9H,1-3,5-6,8H2,(H,11,12,13). The lowest BCUT2D eigenvalue weighted by molar-refractivity contribution is 0.134. The lowest BCUT2D eigenvalue weighted by atomic mass is 10.2. The molecule has 0 saturated heterocycles. The largest absolute Gasteiger partial charge is 0.381 e. The van der Waals surface area contributed by atoms with Crippen molar-refractivity contribution in [1.82, 2.24) is 0 Å². The molecule has 0 atom stereocenters. The van der Waals surface area contributed by atoms with Gasteiger partial charge in [0.15, 0.2) is 0 Å². The van der Waals surface area contributed by atoms with Gasteiger partial charge in [-0.05, 0) is 41.7 Å². The van der Waals surface area contributed by atoms with Crippen molar-refractivity contribution >= 4 is 21.5 Å². The third-order valence-corrected chi connectivity index (χ3v) is 3.59. The average molecular weight is 264 g/mol. The Balaban J connectivity index is 1.93. The predicted octanol–water partition coefficient (Wildman–Crippen LogP) is 1.98. The second-order valence-corrected chi connectivity index (χ2v) is 5.84. The van der Waals surface area contributed by atoms with E-state index in [1.165, 1.54) is 5.56 Å². The van der Waals surface area contributed by atoms with Crippen LogP contribution in [0, 0.1) is 0 Å². The first-order chi connectivity index (χ1) is 7.58. The van der Waals surface area contributed by atoms with Crippen molar-refractivity contribution in [1.29, 1.82) is 0 Å². The Morgan fingerprint density at radius 2 is 2.12 bits per heavy atom. The van der Waals surface area contributed by atoms with Gasteiger partial charge in [0.05, 0.1) is 12.4 Å². The molecule has 1 aromatic rings. The van der Waals surface area contributed by atoms with Crippen LogP contribution in [-0.2, 0) is 21.3 Å². The van der Waals surface area contributed by atoms with E-state index in [0.717, 1.165) is 6.42 Å². The quantitative estimate of drug-likeness (QED) is 0.576. The van der Waals surface area contributed by atoms with Gasteiger partial charge in [0.1, 0.15) is 0 Å². The van der Waals surface area contributed by atoms with E-state index in [1.807, 2.05) is 5.38 Å². The summed E-state index contributed by atoms with van der Waals surface area (Å²) in [7, 11) is -3.81. The lowest BCUT2D eigenvalue weighted by Gasteiger charge is -2.02. The van der Waals surface area contributed by atoms with E-state index in [4.69, 9.17) is 9.29 Å². The predicted molar refractivity (Wildman–Crippen MR) is 64.5 cm³/mol. The fourth-order valence-corrected chi connectivity index (χ4v) is 2.49. The lowest BCUT2D eigenvalue weighted by Crippen LogP contribution is -2.06. The van der Waals surface area contributed by atoms with Gasteiger partial charge in [-0.3, -0.25) is 4.55 Å². The minimum absolute atomic E-state index is 0.180. The topological polar surface area (TPSA) is 63.6 Å². The minimum atomic E-state index is -3.81. The van der Waals surface area contributed by atoms with E-state index in [0.29, 0.717) is 26.1 Å². The Kier molecular flexibility index (Phi) is 5.97. The van der Waals surface area contributed by atoms with Crippen LogP contribution < -0.4 is 0 Å². The second kappa shape index (κ2) is 7.01. The highest BCUT2D eigenvalue weighted by Crippen LogP contribution is 2.06. The molecule has 1 heterocycles. The van der Waals surface area contributed by atoms with Gasteiger partial charge in [-0.1, -0.05) is 0 Å². The smallest absolute Gasteiger partial charge is 0.264 e. The van der Waals surface area contributed by atoms with Gasteiger partial charge in [-0.2, -0.15) is 19.8 Å². The summed E-state index contributed by atoms with van der Waals surface area (Å²) in [6.45, 7) is 1.20. The summed E-state index contributed by atoms with van der Waals surface area (Å²) in [5.74, 6) is -0.180. The summed E-state index contributed by atoms with van der Waals surface area (Å²) in [6.07, 6.45) is 1.99. The monoisotopic (exact) mass is 264 g/mol. The van der Waals surface area contributed by atoms with Crippen LogP contribution >= 0.6 is 11.3 Å². The van der Waals surface area contributed by atoms with Crippen molar-refractivity contribution in [3.05, 3.63) is 22.4 Å². The Bertz CT molecular complexity index is 370. The van der Waals surface area contributed by atoms with Crippen LogP contribution in [0.3, 0.4) is 0 Å². The van der Waals surface area contributed by atoms with Crippen molar-refractivity contribution in [2.45, 2.75) is 19.3 Å². The van der Waals surface area contributed by atoms with Crippen molar-refractivity contribution in [3.63, 3.8) is 0 Å². The Hall–Kier alpha value is -0.430. The summed E-state index contributed by atoms with van der Waals surface area (Å²) in [5, 5.41) is 4.11. The molecule has 0 saturated carbocycles. The van der Waals surface area contributed by atoms with E-state index in [1.54, 1.807) is 11.3 Å². The summed E-state index contributed by atoms with van der Waals surface area (Å²) < 4.78 is 34.6. The number of ether oxygens (including phenoxy) is 1. The van der Waals surface area contributed by atoms with Crippen molar-refractivity contribution in [3.8, 4) is 0 Å². The third kappa shape index (κ3) is 6.95. The molecule has 1 aromatic heterocycles. The summed E-state index contributed by atoms with van der Waals surface area (Å²) in [6, 6.07) is 2.06. The number of unbranched alkanes of at least 4 members (excludes halogenated alkanes) is 1. The van der Waals surface area contributed by atoms with E-state index in [9.17, 15) is 8.42 Å². The van der Waals surface area contributed by atoms with Gasteiger partial charge < -0.3 is 4.74 Å². The van der Waals surface area contributed by atoms with Crippen LogP contribution in [0.5, 0.6) is 0 Å². The molecule has 92 valence electrons. The van der Waals surface area contributed by atoms with Gasteiger partial charge in [0.2, 0.25) is 0 Å². The molecule has 0 aliphatic rings.